The van der Waals surface area contributed by atoms with Crippen molar-refractivity contribution in [3.63, 3.8) is 0 Å². The monoisotopic (exact) mass is 313 g/mol. The molecule has 0 aromatic heterocycles. The summed E-state index contributed by atoms with van der Waals surface area (Å²) >= 11 is 4.80. The second-order valence-electron chi connectivity index (χ2n) is 3.67. The van der Waals surface area contributed by atoms with Gasteiger partial charge in [0.25, 0.3) is 0 Å². The van der Waals surface area contributed by atoms with E-state index >= 15 is 0 Å². The van der Waals surface area contributed by atoms with Crippen LogP contribution >= 0.6 is 12.2 Å². The minimum atomic E-state index is -1.24. The van der Waals surface area contributed by atoms with Gasteiger partial charge in [0.1, 0.15) is 0 Å². The number of nitrogens with zero attached hydrogens (tertiary/aromatic N) is 1. The van der Waals surface area contributed by atoms with Crippen molar-refractivity contribution in [2.45, 2.75) is 4.90 Å². The first-order chi connectivity index (χ1) is 9.42. The lowest BCUT2D eigenvalue weighted by Gasteiger charge is -2.21. The Morgan fingerprint density at radius 1 is 1.60 bits per heavy atom. The molecule has 1 atom stereocenters. The lowest BCUT2D eigenvalue weighted by atomic mass is 10.2. The molecular formula is C12H15N3O3S2. The fraction of sp³-hybridized carbons (Fsp3) is 0.167. The summed E-state index contributed by atoms with van der Waals surface area (Å²) in [6.07, 6.45) is 0.805. The largest absolute Gasteiger partial charge is 0.452 e. The molecule has 0 spiro atoms. The van der Waals surface area contributed by atoms with Gasteiger partial charge in [-0.15, -0.1) is 6.58 Å². The number of carbonyl (C=O) groups is 1. The Balaban J connectivity index is 3.20. The second-order valence-corrected chi connectivity index (χ2v) is 5.58. The first-order valence-electron chi connectivity index (χ1n) is 5.48. The molecule has 1 amide bonds. The van der Waals surface area contributed by atoms with Crippen LogP contribution in [0.4, 0.5) is 16.2 Å². The van der Waals surface area contributed by atoms with Crippen molar-refractivity contribution in [2.24, 2.45) is 5.73 Å². The van der Waals surface area contributed by atoms with Gasteiger partial charge in [-0.05, 0) is 30.4 Å². The molecule has 0 aliphatic rings. The number of nitrogens with two attached hydrogens (primary N) is 2. The molecule has 1 unspecified atom stereocenters. The number of amides is 1. The molecule has 4 N–H and O–H groups in total. The zero-order valence-electron chi connectivity index (χ0n) is 10.9. The number of nitrogen functional groups attached to an aromatic ring is 1. The van der Waals surface area contributed by atoms with Gasteiger partial charge >= 0.3 is 6.09 Å². The average molecular weight is 313 g/mol. The number of anilines is 2. The molecule has 0 heterocycles. The van der Waals surface area contributed by atoms with E-state index in [0.717, 1.165) is 4.90 Å². The number of methoxy groups -OCH3 is 1. The van der Waals surface area contributed by atoms with E-state index in [9.17, 15) is 9.00 Å². The molecule has 20 heavy (non-hydrogen) atoms. The van der Waals surface area contributed by atoms with Crippen LogP contribution in [0.1, 0.15) is 0 Å². The highest BCUT2D eigenvalue weighted by atomic mass is 32.2. The van der Waals surface area contributed by atoms with E-state index < -0.39 is 16.9 Å². The summed E-state index contributed by atoms with van der Waals surface area (Å²) in [5.74, 6) is 0.314. The van der Waals surface area contributed by atoms with E-state index in [2.05, 4.69) is 11.3 Å². The molecule has 0 radical (unpaired) electrons. The van der Waals surface area contributed by atoms with Crippen LogP contribution in [-0.2, 0) is 15.5 Å². The summed E-state index contributed by atoms with van der Waals surface area (Å²) in [5.41, 5.74) is 11.9. The average Bonchev–Trinajstić information content (AvgIpc) is 2.40. The molecule has 8 heteroatoms. The number of carbonyl (C=O) groups excluding carboxylic acids is 1. The quantitative estimate of drug-likeness (QED) is 0.495. The van der Waals surface area contributed by atoms with Gasteiger partial charge < -0.3 is 16.2 Å². The van der Waals surface area contributed by atoms with Crippen molar-refractivity contribution < 1.29 is 13.7 Å². The number of ether oxygens (including phenoxy) is 1. The van der Waals surface area contributed by atoms with E-state index in [-0.39, 0.29) is 16.5 Å². The summed E-state index contributed by atoms with van der Waals surface area (Å²) in [4.78, 5) is 13.1. The van der Waals surface area contributed by atoms with E-state index in [1.165, 1.54) is 19.2 Å². The number of benzene rings is 1. The third-order valence-corrected chi connectivity index (χ3v) is 3.85. The SMILES string of the molecule is C=CCS(=O)c1ccc(N(C(=O)OC)C(N)=S)c(N)c1. The second kappa shape index (κ2) is 7.01. The predicted octanol–water partition coefficient (Wildman–Crippen LogP) is 1.38. The third-order valence-electron chi connectivity index (χ3n) is 2.35. The molecule has 0 bridgehead atoms. The van der Waals surface area contributed by atoms with Crippen molar-refractivity contribution in [1.29, 1.82) is 0 Å². The molecule has 108 valence electrons. The van der Waals surface area contributed by atoms with Gasteiger partial charge in [0, 0.05) is 10.6 Å². The maximum Gasteiger partial charge on any atom is 0.420 e. The number of hydrogen-bond acceptors (Lipinski definition) is 5. The van der Waals surface area contributed by atoms with E-state index in [4.69, 9.17) is 23.7 Å². The lowest BCUT2D eigenvalue weighted by Crippen LogP contribution is -2.41. The van der Waals surface area contributed by atoms with Crippen LogP contribution in [0.15, 0.2) is 35.7 Å². The Bertz CT molecular complexity index is 575. The maximum absolute atomic E-state index is 11.8. The van der Waals surface area contributed by atoms with E-state index in [1.54, 1.807) is 12.1 Å². The molecule has 1 rings (SSSR count). The van der Waals surface area contributed by atoms with Crippen LogP contribution in [0, 0.1) is 0 Å². The van der Waals surface area contributed by atoms with Crippen LogP contribution in [-0.4, -0.2) is 28.3 Å². The van der Waals surface area contributed by atoms with Gasteiger partial charge in [0.2, 0.25) is 0 Å². The Hall–Kier alpha value is -1.93. The Morgan fingerprint density at radius 3 is 2.70 bits per heavy atom. The highest BCUT2D eigenvalue weighted by Gasteiger charge is 2.21. The van der Waals surface area contributed by atoms with Crippen molar-refractivity contribution in [3.8, 4) is 0 Å². The summed E-state index contributed by atoms with van der Waals surface area (Å²) in [6, 6.07) is 4.60. The van der Waals surface area contributed by atoms with Gasteiger partial charge in [-0.2, -0.15) is 0 Å². The van der Waals surface area contributed by atoms with E-state index in [1.807, 2.05) is 0 Å². The number of thiocarbonyl (C=S) groups is 1. The van der Waals surface area contributed by atoms with Gasteiger partial charge in [-0.1, -0.05) is 6.08 Å². The zero-order valence-corrected chi connectivity index (χ0v) is 12.5. The summed E-state index contributed by atoms with van der Waals surface area (Å²) in [6.45, 7) is 3.52. The molecule has 1 aromatic carbocycles. The van der Waals surface area contributed by atoms with Crippen molar-refractivity contribution in [3.05, 3.63) is 30.9 Å². The van der Waals surface area contributed by atoms with Gasteiger partial charge in [-0.3, -0.25) is 4.21 Å². The highest BCUT2D eigenvalue weighted by molar-refractivity contribution is 7.85. The summed E-state index contributed by atoms with van der Waals surface area (Å²) < 4.78 is 16.4. The third kappa shape index (κ3) is 3.55. The van der Waals surface area contributed by atoms with Crippen molar-refractivity contribution in [1.82, 2.24) is 0 Å². The minimum absolute atomic E-state index is 0.191. The topological polar surface area (TPSA) is 98.6 Å². The van der Waals surface area contributed by atoms with E-state index in [0.29, 0.717) is 10.6 Å². The van der Waals surface area contributed by atoms with Crippen LogP contribution < -0.4 is 16.4 Å². The van der Waals surface area contributed by atoms with Gasteiger partial charge in [0.15, 0.2) is 5.11 Å². The van der Waals surface area contributed by atoms with Gasteiger partial charge in [0.05, 0.1) is 29.3 Å². The fourth-order valence-electron chi connectivity index (χ4n) is 1.48. The molecule has 1 aromatic rings. The standard InChI is InChI=1S/C12H15N3O3S2/c1-3-6-20(17)8-4-5-10(9(13)7-8)15(11(14)19)12(16)18-2/h3-5,7H,1,6,13H2,2H3,(H2,14,19). The summed E-state index contributed by atoms with van der Waals surface area (Å²) in [7, 11) is -0.0296. The Labute approximate surface area is 124 Å². The van der Waals surface area contributed by atoms with Crippen molar-refractivity contribution >= 4 is 45.6 Å². The minimum Gasteiger partial charge on any atom is -0.452 e. The molecule has 0 fully saturated rings. The Morgan fingerprint density at radius 2 is 2.25 bits per heavy atom. The smallest absolute Gasteiger partial charge is 0.420 e. The number of rotatable bonds is 4. The lowest BCUT2D eigenvalue weighted by molar-refractivity contribution is 0.182. The summed E-state index contributed by atoms with van der Waals surface area (Å²) in [5, 5.41) is -0.191. The highest BCUT2D eigenvalue weighted by Crippen LogP contribution is 2.26. The van der Waals surface area contributed by atoms with Gasteiger partial charge in [-0.25, -0.2) is 9.69 Å². The van der Waals surface area contributed by atoms with Crippen LogP contribution in [0.25, 0.3) is 0 Å². The first kappa shape index (κ1) is 16.1. The van der Waals surface area contributed by atoms with Crippen molar-refractivity contribution in [2.75, 3.05) is 23.5 Å². The fourth-order valence-corrected chi connectivity index (χ4v) is 2.54. The molecule has 0 saturated carbocycles. The first-order valence-corrected chi connectivity index (χ1v) is 7.21. The van der Waals surface area contributed by atoms with Crippen LogP contribution in [0.5, 0.6) is 0 Å². The normalized spacial score (nSPS) is 11.4. The molecule has 0 saturated heterocycles. The molecule has 0 aliphatic heterocycles. The zero-order chi connectivity index (χ0) is 15.3. The molecule has 6 nitrogen and oxygen atoms in total. The predicted molar refractivity (Wildman–Crippen MR) is 84.0 cm³/mol. The maximum atomic E-state index is 11.8. The Kier molecular flexibility index (Phi) is 5.66. The molecule has 0 aliphatic carbocycles. The molecular weight excluding hydrogens is 298 g/mol. The van der Waals surface area contributed by atoms with Crippen LogP contribution in [0.3, 0.4) is 0 Å². The number of hydrogen-bond donors (Lipinski definition) is 2. The van der Waals surface area contributed by atoms with Crippen LogP contribution in [0.2, 0.25) is 0 Å².